The van der Waals surface area contributed by atoms with Gasteiger partial charge in [-0.2, -0.15) is 13.2 Å². The van der Waals surface area contributed by atoms with Crippen LogP contribution in [0.25, 0.3) is 0 Å². The summed E-state index contributed by atoms with van der Waals surface area (Å²) in [5.74, 6) is -0.235. The van der Waals surface area contributed by atoms with Crippen LogP contribution in [0.5, 0.6) is 5.75 Å². The van der Waals surface area contributed by atoms with E-state index < -0.39 is 10.7 Å². The lowest BCUT2D eigenvalue weighted by molar-refractivity contribution is -0.184. The fourth-order valence-corrected chi connectivity index (χ4v) is 1.06. The van der Waals surface area contributed by atoms with E-state index in [0.717, 1.165) is 0 Å². The average Bonchev–Trinajstić information content (AvgIpc) is 2.06. The van der Waals surface area contributed by atoms with Crippen LogP contribution in [0.15, 0.2) is 24.3 Å². The molecule has 0 N–H and O–H groups in total. The highest BCUT2D eigenvalue weighted by Crippen LogP contribution is 2.42. The Morgan fingerprint density at radius 3 is 2.07 bits per heavy atom. The molecule has 0 atom stereocenters. The molecule has 0 aliphatic rings. The van der Waals surface area contributed by atoms with Gasteiger partial charge >= 0.3 is 10.7 Å². The highest BCUT2D eigenvalue weighted by molar-refractivity contribution is 6.48. The lowest BCUT2D eigenvalue weighted by Crippen LogP contribution is -2.39. The Morgan fingerprint density at radius 1 is 1.07 bits per heavy atom. The molecule has 7 heteroatoms. The van der Waals surface area contributed by atoms with Crippen LogP contribution in [0.2, 0.25) is 5.02 Å². The van der Waals surface area contributed by atoms with Crippen molar-refractivity contribution >= 4 is 34.8 Å². The summed E-state index contributed by atoms with van der Waals surface area (Å²) < 4.78 is 37.7. The number of para-hydroxylation sites is 1. The molecule has 0 saturated carbocycles. The van der Waals surface area contributed by atoms with Crippen molar-refractivity contribution in [3.8, 4) is 5.75 Å². The number of rotatable bonds is 2. The molecule has 0 radical (unpaired) electrons. The van der Waals surface area contributed by atoms with Crippen LogP contribution in [0.4, 0.5) is 13.2 Å². The summed E-state index contributed by atoms with van der Waals surface area (Å²) >= 11 is 15.5. The summed E-state index contributed by atoms with van der Waals surface area (Å²) in [7, 11) is 0. The second-order valence-electron chi connectivity index (χ2n) is 2.55. The summed E-state index contributed by atoms with van der Waals surface area (Å²) in [5.41, 5.74) is 0. The highest BCUT2D eigenvalue weighted by atomic mass is 35.5. The summed E-state index contributed by atoms with van der Waals surface area (Å²) in [5, 5.41) is -0.00701. The summed E-state index contributed by atoms with van der Waals surface area (Å²) in [6.45, 7) is 0. The zero-order valence-electron chi connectivity index (χ0n) is 6.99. The van der Waals surface area contributed by atoms with E-state index in [-0.39, 0.29) is 10.8 Å². The smallest absolute Gasteiger partial charge is 0.449 e. The van der Waals surface area contributed by atoms with Gasteiger partial charge in [0.05, 0.1) is 5.02 Å². The molecule has 1 nitrogen and oxygen atoms in total. The third-order valence-electron chi connectivity index (χ3n) is 1.40. The van der Waals surface area contributed by atoms with Crippen LogP contribution >= 0.6 is 34.8 Å². The first-order valence-corrected chi connectivity index (χ1v) is 4.75. The summed E-state index contributed by atoms with van der Waals surface area (Å²) in [6, 6.07) is 5.57. The minimum Gasteiger partial charge on any atom is -0.449 e. The molecule has 0 bridgehead atoms. The molecule has 15 heavy (non-hydrogen) atoms. The molecule has 1 rings (SSSR count). The maximum atomic E-state index is 12.2. The van der Waals surface area contributed by atoms with Crippen molar-refractivity contribution in [2.24, 2.45) is 0 Å². The summed E-state index contributed by atoms with van der Waals surface area (Å²) in [6.07, 6.45) is -4.91. The average molecular weight is 279 g/mol. The predicted molar refractivity (Wildman–Crippen MR) is 52.6 cm³/mol. The van der Waals surface area contributed by atoms with E-state index in [1.807, 2.05) is 0 Å². The quantitative estimate of drug-likeness (QED) is 0.729. The molecule has 0 aliphatic carbocycles. The SMILES string of the molecule is FC(F)(F)C(Cl)(Cl)Oc1ccccc1Cl. The topological polar surface area (TPSA) is 9.23 Å². The van der Waals surface area contributed by atoms with Gasteiger partial charge in [0.1, 0.15) is 5.75 Å². The number of hydrogen-bond donors (Lipinski definition) is 0. The van der Waals surface area contributed by atoms with Crippen molar-refractivity contribution in [3.05, 3.63) is 29.3 Å². The minimum absolute atomic E-state index is 0.00701. The first kappa shape index (κ1) is 12.7. The first-order chi connectivity index (χ1) is 6.74. The minimum atomic E-state index is -4.91. The number of halogens is 6. The highest BCUT2D eigenvalue weighted by Gasteiger charge is 2.56. The van der Waals surface area contributed by atoms with Crippen LogP contribution in [0, 0.1) is 0 Å². The molecule has 1 aromatic rings. The standard InChI is InChI=1S/C8H4Cl3F3O/c9-5-3-1-2-4-6(5)15-7(10,11)8(12,13)14/h1-4H. The first-order valence-electron chi connectivity index (χ1n) is 3.62. The van der Waals surface area contributed by atoms with Gasteiger partial charge in [-0.3, -0.25) is 0 Å². The molecule has 0 amide bonds. The molecule has 0 fully saturated rings. The van der Waals surface area contributed by atoms with Gasteiger partial charge in [-0.15, -0.1) is 0 Å². The monoisotopic (exact) mass is 278 g/mol. The summed E-state index contributed by atoms with van der Waals surface area (Å²) in [4.78, 5) is 0. The van der Waals surface area contributed by atoms with Crippen molar-refractivity contribution in [3.63, 3.8) is 0 Å². The van der Waals surface area contributed by atoms with E-state index in [2.05, 4.69) is 4.74 Å². The van der Waals surface area contributed by atoms with Crippen molar-refractivity contribution in [1.82, 2.24) is 0 Å². The fraction of sp³-hybridized carbons (Fsp3) is 0.250. The van der Waals surface area contributed by atoms with Gasteiger partial charge in [0.2, 0.25) is 0 Å². The van der Waals surface area contributed by atoms with E-state index in [0.29, 0.717) is 0 Å². The number of alkyl halides is 5. The molecule has 0 spiro atoms. The second-order valence-corrected chi connectivity index (χ2v) is 4.21. The molecule has 0 aromatic heterocycles. The molecule has 1 aromatic carbocycles. The van der Waals surface area contributed by atoms with Crippen molar-refractivity contribution in [1.29, 1.82) is 0 Å². The van der Waals surface area contributed by atoms with Crippen molar-refractivity contribution in [2.75, 3.05) is 0 Å². The van der Waals surface area contributed by atoms with E-state index in [4.69, 9.17) is 34.8 Å². The Labute approximate surface area is 98.7 Å². The van der Waals surface area contributed by atoms with E-state index >= 15 is 0 Å². The lowest BCUT2D eigenvalue weighted by atomic mass is 10.3. The molecule has 0 aliphatic heterocycles. The van der Waals surface area contributed by atoms with Crippen LogP contribution in [0.3, 0.4) is 0 Å². The van der Waals surface area contributed by atoms with Gasteiger partial charge in [-0.1, -0.05) is 23.7 Å². The Kier molecular flexibility index (Phi) is 3.63. The van der Waals surface area contributed by atoms with Gasteiger partial charge in [0.25, 0.3) is 0 Å². The van der Waals surface area contributed by atoms with Gasteiger partial charge in [-0.05, 0) is 35.3 Å². The number of benzene rings is 1. The van der Waals surface area contributed by atoms with E-state index in [1.54, 1.807) is 0 Å². The van der Waals surface area contributed by atoms with Crippen LogP contribution in [-0.2, 0) is 0 Å². The van der Waals surface area contributed by atoms with Gasteiger partial charge in [-0.25, -0.2) is 0 Å². The van der Waals surface area contributed by atoms with Crippen LogP contribution < -0.4 is 4.74 Å². The molecular formula is C8H4Cl3F3O. The third kappa shape index (κ3) is 3.06. The molecule has 0 heterocycles. The second kappa shape index (κ2) is 4.28. The van der Waals surface area contributed by atoms with Crippen LogP contribution in [-0.4, -0.2) is 10.7 Å². The van der Waals surface area contributed by atoms with Gasteiger partial charge in [0.15, 0.2) is 0 Å². The third-order valence-corrected chi connectivity index (χ3v) is 2.30. The molecule has 0 saturated heterocycles. The van der Waals surface area contributed by atoms with E-state index in [1.165, 1.54) is 24.3 Å². The normalized spacial score (nSPS) is 12.7. The molecule has 84 valence electrons. The Morgan fingerprint density at radius 2 is 1.60 bits per heavy atom. The zero-order valence-corrected chi connectivity index (χ0v) is 9.25. The molecule has 0 unspecified atom stereocenters. The predicted octanol–water partition coefficient (Wildman–Crippen LogP) is 4.41. The largest absolute Gasteiger partial charge is 0.459 e. The van der Waals surface area contributed by atoms with Gasteiger partial charge < -0.3 is 4.74 Å². The Balaban J connectivity index is 2.92. The number of hydrogen-bond acceptors (Lipinski definition) is 1. The maximum Gasteiger partial charge on any atom is 0.459 e. The maximum absolute atomic E-state index is 12.2. The van der Waals surface area contributed by atoms with Crippen LogP contribution in [0.1, 0.15) is 0 Å². The van der Waals surface area contributed by atoms with Crippen molar-refractivity contribution in [2.45, 2.75) is 10.7 Å². The zero-order chi connectivity index (χ0) is 11.7. The number of ether oxygens (including phenoxy) is 1. The molecular weight excluding hydrogens is 275 g/mol. The van der Waals surface area contributed by atoms with Gasteiger partial charge in [0, 0.05) is 0 Å². The Bertz CT molecular complexity index is 351. The van der Waals surface area contributed by atoms with Crippen molar-refractivity contribution < 1.29 is 17.9 Å². The fourth-order valence-electron chi connectivity index (χ4n) is 0.723. The Hall–Kier alpha value is -0.320. The lowest BCUT2D eigenvalue weighted by Gasteiger charge is -2.24. The van der Waals surface area contributed by atoms with E-state index in [9.17, 15) is 13.2 Å².